The van der Waals surface area contributed by atoms with Crippen LogP contribution >= 0.6 is 11.6 Å². The normalized spacial score (nSPS) is 18.7. The Morgan fingerprint density at radius 2 is 1.74 bits per heavy atom. The third-order valence-corrected chi connectivity index (χ3v) is 9.50. The highest BCUT2D eigenvalue weighted by Gasteiger charge is 2.59. The molecule has 2 aliphatic rings. The van der Waals surface area contributed by atoms with Crippen molar-refractivity contribution in [3.8, 4) is 22.6 Å². The van der Waals surface area contributed by atoms with E-state index in [2.05, 4.69) is 30.6 Å². The quantitative estimate of drug-likeness (QED) is 0.151. The summed E-state index contributed by atoms with van der Waals surface area (Å²) in [5.74, 6) is -3.66. The zero-order chi connectivity index (χ0) is 39.4. The van der Waals surface area contributed by atoms with E-state index in [0.717, 1.165) is 37.9 Å². The number of nitrogens with one attached hydrogen (secondary N) is 1. The Kier molecular flexibility index (Phi) is 9.95. The maximum absolute atomic E-state index is 14.8. The van der Waals surface area contributed by atoms with Gasteiger partial charge in [-0.25, -0.2) is 9.98 Å². The van der Waals surface area contributed by atoms with Crippen molar-refractivity contribution in [1.29, 1.82) is 0 Å². The number of halogens is 9. The van der Waals surface area contributed by atoms with E-state index in [0.29, 0.717) is 11.3 Å². The highest BCUT2D eigenvalue weighted by atomic mass is 35.5. The predicted molar refractivity (Wildman–Crippen MR) is 176 cm³/mol. The third-order valence-electron chi connectivity index (χ3n) is 9.17. The molecule has 0 spiro atoms. The van der Waals surface area contributed by atoms with Gasteiger partial charge in [0.1, 0.15) is 18.4 Å². The van der Waals surface area contributed by atoms with Crippen LogP contribution < -0.4 is 11.1 Å². The van der Waals surface area contributed by atoms with Crippen molar-refractivity contribution in [3.63, 3.8) is 0 Å². The van der Waals surface area contributed by atoms with E-state index in [-0.39, 0.29) is 32.4 Å². The van der Waals surface area contributed by atoms with Crippen molar-refractivity contribution < 1.29 is 44.7 Å². The van der Waals surface area contributed by atoms with Crippen LogP contribution in [0.1, 0.15) is 69.3 Å². The highest BCUT2D eigenvalue weighted by molar-refractivity contribution is 6.33. The lowest BCUT2D eigenvalue weighted by atomic mass is 9.74. The first-order chi connectivity index (χ1) is 25.2. The second kappa shape index (κ2) is 13.9. The number of hydrogen-bond donors (Lipinski definition) is 2. The molecule has 288 valence electrons. The summed E-state index contributed by atoms with van der Waals surface area (Å²) < 4.78 is 111. The molecule has 4 aromatic rings. The van der Waals surface area contributed by atoms with Crippen LogP contribution in [0.4, 0.5) is 35.1 Å². The first-order valence-electron chi connectivity index (χ1n) is 16.3. The second-order valence-corrected chi connectivity index (χ2v) is 14.0. The van der Waals surface area contributed by atoms with Crippen LogP contribution in [0.2, 0.25) is 5.02 Å². The number of nitrogens with zero attached hydrogens (tertiary/aromatic N) is 8. The second-order valence-electron chi connectivity index (χ2n) is 13.6. The number of hydrogen-bond acceptors (Lipinski definition) is 8. The fourth-order valence-corrected chi connectivity index (χ4v) is 6.38. The molecular formula is C33H31ClF8N10O2. The average molecular weight is 787 g/mol. The largest absolute Gasteiger partial charge is 0.397 e. The number of guanidine groups is 1. The molecule has 1 aliphatic heterocycles. The Balaban J connectivity index is 1.44. The molecule has 0 saturated heterocycles. The van der Waals surface area contributed by atoms with Crippen LogP contribution in [0.5, 0.6) is 0 Å². The molecule has 2 amide bonds. The van der Waals surface area contributed by atoms with Gasteiger partial charge in [0.05, 0.1) is 28.7 Å². The number of rotatable bonds is 12. The molecule has 2 aromatic heterocycles. The molecule has 6 rings (SSSR count). The molecule has 0 bridgehead atoms. The number of carbonyl (C=O) groups excluding carboxylic acids is 2. The Morgan fingerprint density at radius 3 is 2.35 bits per heavy atom. The van der Waals surface area contributed by atoms with Crippen molar-refractivity contribution in [1.82, 2.24) is 40.0 Å². The first kappa shape index (κ1) is 38.6. The van der Waals surface area contributed by atoms with Gasteiger partial charge in [0.2, 0.25) is 5.91 Å². The molecule has 2 atom stereocenters. The summed E-state index contributed by atoms with van der Waals surface area (Å²) in [6.07, 6.45) is -8.43. The number of amides is 2. The summed E-state index contributed by atoms with van der Waals surface area (Å²) in [7, 11) is 0. The Hall–Kier alpha value is -5.14. The van der Waals surface area contributed by atoms with E-state index in [4.69, 9.17) is 17.3 Å². The van der Waals surface area contributed by atoms with Crippen LogP contribution in [0, 0.1) is 5.41 Å². The summed E-state index contributed by atoms with van der Waals surface area (Å²) in [6.45, 7) is -2.19. The minimum atomic E-state index is -4.91. The first-order valence-corrected chi connectivity index (χ1v) is 16.7. The summed E-state index contributed by atoms with van der Waals surface area (Å²) in [4.78, 5) is 37.7. The summed E-state index contributed by atoms with van der Waals surface area (Å²) in [5.41, 5.74) is 2.26. The molecule has 3 N–H and O–H groups in total. The van der Waals surface area contributed by atoms with E-state index < -0.39 is 78.9 Å². The van der Waals surface area contributed by atoms with Gasteiger partial charge in [0.15, 0.2) is 17.3 Å². The number of aliphatic imine (C=N–C) groups is 1. The maximum Gasteiger partial charge on any atom is 0.397 e. The number of nitrogens with two attached hydrogens (primary N) is 1. The van der Waals surface area contributed by atoms with Gasteiger partial charge in [-0.15, -0.1) is 0 Å². The van der Waals surface area contributed by atoms with Gasteiger partial charge in [-0.05, 0) is 42.5 Å². The molecule has 54 heavy (non-hydrogen) atoms. The monoisotopic (exact) mass is 786 g/mol. The Labute approximate surface area is 306 Å². The molecule has 2 aromatic carbocycles. The molecule has 0 radical (unpaired) electrons. The van der Waals surface area contributed by atoms with Gasteiger partial charge in [0.25, 0.3) is 5.91 Å². The van der Waals surface area contributed by atoms with E-state index in [1.165, 1.54) is 48.7 Å². The number of alkyl halides is 8. The van der Waals surface area contributed by atoms with Gasteiger partial charge < -0.3 is 11.1 Å². The molecular weight excluding hydrogens is 756 g/mol. The fraction of sp³-hybridized carbons (Fsp3) is 0.424. The summed E-state index contributed by atoms with van der Waals surface area (Å²) in [6, 6.07) is 8.14. The van der Waals surface area contributed by atoms with E-state index >= 15 is 0 Å². The van der Waals surface area contributed by atoms with Crippen molar-refractivity contribution in [3.05, 3.63) is 71.1 Å². The molecule has 1 saturated carbocycles. The van der Waals surface area contributed by atoms with Gasteiger partial charge >= 0.3 is 18.9 Å². The molecule has 12 nitrogen and oxygen atoms in total. The van der Waals surface area contributed by atoms with Crippen molar-refractivity contribution in [2.24, 2.45) is 16.1 Å². The summed E-state index contributed by atoms with van der Waals surface area (Å²) in [5, 5.41) is 14.1. The Morgan fingerprint density at radius 1 is 1.06 bits per heavy atom. The van der Waals surface area contributed by atoms with E-state index in [1.807, 2.05) is 0 Å². The molecule has 0 unspecified atom stereocenters. The smallest absolute Gasteiger partial charge is 0.369 e. The van der Waals surface area contributed by atoms with E-state index in [9.17, 15) is 44.7 Å². The van der Waals surface area contributed by atoms with Crippen LogP contribution in [-0.4, -0.2) is 71.3 Å². The molecule has 1 fully saturated rings. The third kappa shape index (κ3) is 7.60. The van der Waals surface area contributed by atoms with Gasteiger partial charge in [-0.3, -0.25) is 14.5 Å². The minimum Gasteiger partial charge on any atom is -0.369 e. The van der Waals surface area contributed by atoms with E-state index in [1.54, 1.807) is 4.80 Å². The van der Waals surface area contributed by atoms with Gasteiger partial charge in [-0.2, -0.15) is 59.9 Å². The number of carbonyl (C=O) groups is 2. The van der Waals surface area contributed by atoms with Crippen LogP contribution in [0.3, 0.4) is 0 Å². The summed E-state index contributed by atoms with van der Waals surface area (Å²) >= 11 is 6.34. The van der Waals surface area contributed by atoms with Crippen LogP contribution in [-0.2, 0) is 15.1 Å². The maximum atomic E-state index is 14.8. The zero-order valence-corrected chi connectivity index (χ0v) is 29.1. The van der Waals surface area contributed by atoms with Crippen molar-refractivity contribution in [2.75, 3.05) is 6.54 Å². The average Bonchev–Trinajstić information content (AvgIpc) is 3.49. The Bertz CT molecular complexity index is 2080. The lowest BCUT2D eigenvalue weighted by Crippen LogP contribution is -2.50. The van der Waals surface area contributed by atoms with Gasteiger partial charge in [0, 0.05) is 17.7 Å². The van der Waals surface area contributed by atoms with Crippen molar-refractivity contribution in [2.45, 2.75) is 76.1 Å². The van der Waals surface area contributed by atoms with Crippen molar-refractivity contribution >= 4 is 29.4 Å². The number of benzene rings is 2. The van der Waals surface area contributed by atoms with Crippen LogP contribution in [0.25, 0.3) is 22.6 Å². The van der Waals surface area contributed by atoms with Gasteiger partial charge in [-0.1, -0.05) is 55.8 Å². The van der Waals surface area contributed by atoms with Crippen LogP contribution in [0.15, 0.2) is 60.0 Å². The molecule has 3 heterocycles. The minimum absolute atomic E-state index is 0.00435. The lowest BCUT2D eigenvalue weighted by molar-refractivity contribution is -0.218. The topological polar surface area (TPSA) is 149 Å². The highest BCUT2D eigenvalue weighted by Crippen LogP contribution is 2.51. The fourth-order valence-electron chi connectivity index (χ4n) is 6.17. The number of aromatic nitrogens is 6. The molecule has 21 heteroatoms. The zero-order valence-electron chi connectivity index (χ0n) is 28.3. The predicted octanol–water partition coefficient (Wildman–Crippen LogP) is 6.73. The molecule has 1 aliphatic carbocycles. The standard InChI is InChI=1S/C33H31ClF8N10O2/c1-30(2,33(40,41)42)15-31(19-6-3-17(4-7-19)23-13-46-52(49-23)20-8-9-20)27(54)50(29(43)48-31)24(14-44-25(53)12-32(37,38)39)18-5-10-22(34)21(11-18)26-45-16-47-51(26)28(35)36/h3-7,10-11,13,16,20,24,28H,8-9,12,14-15H2,1-2H3,(H2,43,48)(H,44,53)/t24-,31-/m1/s1. The lowest BCUT2D eigenvalue weighted by Gasteiger charge is -2.37. The SMILES string of the molecule is CC(C)(C[C@]1(c2ccc(-c3cnn(C4CC4)n3)cc2)N=C(N)N([C@H](CNC(=O)CC(F)(F)F)c2ccc(Cl)c(-c3ncnn3C(F)F)c2)C1=O)C(F)(F)F.